The third-order valence-electron chi connectivity index (χ3n) is 2.81. The molecule has 20 heavy (non-hydrogen) atoms. The number of carbonyl (C=O) groups excluding carboxylic acids is 1. The van der Waals surface area contributed by atoms with Crippen molar-refractivity contribution in [2.75, 3.05) is 39.1 Å². The van der Waals surface area contributed by atoms with Crippen LogP contribution in [-0.2, 0) is 0 Å². The average molecular weight is 280 g/mol. The van der Waals surface area contributed by atoms with E-state index >= 15 is 0 Å². The van der Waals surface area contributed by atoms with Crippen LogP contribution in [0.5, 0.6) is 0 Å². The number of nitrogens with zero attached hydrogens (tertiary/aromatic N) is 3. The van der Waals surface area contributed by atoms with Crippen molar-refractivity contribution in [3.05, 3.63) is 34.4 Å². The summed E-state index contributed by atoms with van der Waals surface area (Å²) in [6, 6.07) is 5.64. The summed E-state index contributed by atoms with van der Waals surface area (Å²) >= 11 is 0. The number of urea groups is 1. The lowest BCUT2D eigenvalue weighted by Gasteiger charge is -2.18. The number of amides is 2. The van der Waals surface area contributed by atoms with Crippen LogP contribution in [0.1, 0.15) is 6.42 Å². The number of nitro groups is 1. The quantitative estimate of drug-likeness (QED) is 0.488. The van der Waals surface area contributed by atoms with E-state index in [1.54, 1.807) is 19.2 Å². The SMILES string of the molecule is CN(C)CCCNC(=O)N(C)c1ccc([N+](=O)[O-])cc1. The van der Waals surface area contributed by atoms with Crippen LogP contribution in [0.3, 0.4) is 0 Å². The summed E-state index contributed by atoms with van der Waals surface area (Å²) in [5.74, 6) is 0. The molecule has 0 unspecified atom stereocenters. The molecular weight excluding hydrogens is 260 g/mol. The summed E-state index contributed by atoms with van der Waals surface area (Å²) in [4.78, 5) is 25.4. The molecule has 1 aromatic carbocycles. The second kappa shape index (κ2) is 7.44. The van der Waals surface area contributed by atoms with Crippen molar-refractivity contribution in [1.82, 2.24) is 10.2 Å². The highest BCUT2D eigenvalue weighted by atomic mass is 16.6. The third-order valence-corrected chi connectivity index (χ3v) is 2.81. The largest absolute Gasteiger partial charge is 0.338 e. The molecule has 0 aliphatic heterocycles. The van der Waals surface area contributed by atoms with Gasteiger partial charge in [0.05, 0.1) is 4.92 Å². The molecular formula is C13H20N4O3. The van der Waals surface area contributed by atoms with E-state index in [0.717, 1.165) is 13.0 Å². The number of non-ortho nitro benzene ring substituents is 1. The first-order chi connectivity index (χ1) is 9.41. The lowest BCUT2D eigenvalue weighted by molar-refractivity contribution is -0.384. The average Bonchev–Trinajstić information content (AvgIpc) is 2.42. The van der Waals surface area contributed by atoms with Gasteiger partial charge in [-0.25, -0.2) is 4.79 Å². The summed E-state index contributed by atoms with van der Waals surface area (Å²) in [6.45, 7) is 1.50. The Hall–Kier alpha value is -2.15. The molecule has 0 radical (unpaired) electrons. The maximum atomic E-state index is 11.9. The number of nitro benzene ring substituents is 1. The molecule has 1 rings (SSSR count). The molecule has 0 heterocycles. The zero-order chi connectivity index (χ0) is 15.1. The number of benzene rings is 1. The van der Waals surface area contributed by atoms with Crippen molar-refractivity contribution in [3.8, 4) is 0 Å². The Morgan fingerprint density at radius 3 is 2.35 bits per heavy atom. The molecule has 7 nitrogen and oxygen atoms in total. The Bertz CT molecular complexity index is 459. The minimum atomic E-state index is -0.467. The van der Waals surface area contributed by atoms with Crippen molar-refractivity contribution in [3.63, 3.8) is 0 Å². The fraction of sp³-hybridized carbons (Fsp3) is 0.462. The van der Waals surface area contributed by atoms with Gasteiger partial charge in [0.25, 0.3) is 5.69 Å². The summed E-state index contributed by atoms with van der Waals surface area (Å²) in [7, 11) is 5.58. The first kappa shape index (κ1) is 15.9. The summed E-state index contributed by atoms with van der Waals surface area (Å²) in [6.07, 6.45) is 0.868. The van der Waals surface area contributed by atoms with Crippen LogP contribution < -0.4 is 10.2 Å². The van der Waals surface area contributed by atoms with Crippen molar-refractivity contribution in [1.29, 1.82) is 0 Å². The van der Waals surface area contributed by atoms with Gasteiger partial charge in [-0.15, -0.1) is 0 Å². The van der Waals surface area contributed by atoms with Crippen molar-refractivity contribution in [2.45, 2.75) is 6.42 Å². The van der Waals surface area contributed by atoms with Gasteiger partial charge in [0, 0.05) is 31.4 Å². The molecule has 2 amide bonds. The van der Waals surface area contributed by atoms with E-state index in [1.807, 2.05) is 19.0 Å². The first-order valence-electron chi connectivity index (χ1n) is 6.32. The molecule has 0 aromatic heterocycles. The van der Waals surface area contributed by atoms with Crippen LogP contribution in [0, 0.1) is 10.1 Å². The van der Waals surface area contributed by atoms with Gasteiger partial charge in [-0.1, -0.05) is 0 Å². The van der Waals surface area contributed by atoms with Crippen LogP contribution >= 0.6 is 0 Å². The predicted octanol–water partition coefficient (Wildman–Crippen LogP) is 1.69. The molecule has 0 fully saturated rings. The van der Waals surface area contributed by atoms with Crippen LogP contribution in [0.2, 0.25) is 0 Å². The van der Waals surface area contributed by atoms with E-state index in [9.17, 15) is 14.9 Å². The van der Waals surface area contributed by atoms with Crippen LogP contribution in [0.4, 0.5) is 16.2 Å². The Labute approximate surface area is 118 Å². The van der Waals surface area contributed by atoms with E-state index in [2.05, 4.69) is 5.32 Å². The molecule has 0 bridgehead atoms. The van der Waals surface area contributed by atoms with Gasteiger partial charge >= 0.3 is 6.03 Å². The number of carbonyl (C=O) groups is 1. The van der Waals surface area contributed by atoms with E-state index in [1.165, 1.54) is 17.0 Å². The third kappa shape index (κ3) is 4.85. The van der Waals surface area contributed by atoms with Gasteiger partial charge in [0.15, 0.2) is 0 Å². The predicted molar refractivity (Wildman–Crippen MR) is 78.1 cm³/mol. The fourth-order valence-electron chi connectivity index (χ4n) is 1.62. The maximum Gasteiger partial charge on any atom is 0.321 e. The Morgan fingerprint density at radius 2 is 1.85 bits per heavy atom. The lowest BCUT2D eigenvalue weighted by atomic mass is 10.2. The molecule has 1 aromatic rings. The van der Waals surface area contributed by atoms with Gasteiger partial charge in [0.1, 0.15) is 0 Å². The molecule has 110 valence electrons. The summed E-state index contributed by atoms with van der Waals surface area (Å²) in [5, 5.41) is 13.4. The number of anilines is 1. The Morgan fingerprint density at radius 1 is 1.25 bits per heavy atom. The van der Waals surface area contributed by atoms with Crippen LogP contribution in [0.25, 0.3) is 0 Å². The van der Waals surface area contributed by atoms with Crippen molar-refractivity contribution >= 4 is 17.4 Å². The second-order valence-corrected chi connectivity index (χ2v) is 4.72. The van der Waals surface area contributed by atoms with E-state index in [-0.39, 0.29) is 11.7 Å². The fourth-order valence-corrected chi connectivity index (χ4v) is 1.62. The van der Waals surface area contributed by atoms with E-state index in [4.69, 9.17) is 0 Å². The van der Waals surface area contributed by atoms with Gasteiger partial charge in [-0.3, -0.25) is 15.0 Å². The Kier molecular flexibility index (Phi) is 5.92. The van der Waals surface area contributed by atoms with Crippen molar-refractivity contribution < 1.29 is 9.72 Å². The van der Waals surface area contributed by atoms with Gasteiger partial charge in [0.2, 0.25) is 0 Å². The topological polar surface area (TPSA) is 78.7 Å². The monoisotopic (exact) mass is 280 g/mol. The molecule has 0 aliphatic carbocycles. The van der Waals surface area contributed by atoms with E-state index < -0.39 is 4.92 Å². The minimum Gasteiger partial charge on any atom is -0.338 e. The minimum absolute atomic E-state index is 0.00791. The van der Waals surface area contributed by atoms with Crippen LogP contribution in [0.15, 0.2) is 24.3 Å². The molecule has 1 N–H and O–H groups in total. The molecule has 0 aliphatic rings. The highest BCUT2D eigenvalue weighted by molar-refractivity contribution is 5.91. The van der Waals surface area contributed by atoms with Crippen LogP contribution in [-0.4, -0.2) is 50.1 Å². The summed E-state index contributed by atoms with van der Waals surface area (Å²) in [5.41, 5.74) is 0.620. The molecule has 7 heteroatoms. The van der Waals surface area contributed by atoms with Gasteiger partial charge < -0.3 is 10.2 Å². The number of nitrogens with one attached hydrogen (secondary N) is 1. The van der Waals surface area contributed by atoms with Gasteiger partial charge in [-0.2, -0.15) is 0 Å². The van der Waals surface area contributed by atoms with E-state index in [0.29, 0.717) is 12.2 Å². The zero-order valence-electron chi connectivity index (χ0n) is 12.0. The molecule has 0 saturated heterocycles. The van der Waals surface area contributed by atoms with Crippen molar-refractivity contribution in [2.24, 2.45) is 0 Å². The summed E-state index contributed by atoms with van der Waals surface area (Å²) < 4.78 is 0. The molecule has 0 atom stereocenters. The lowest BCUT2D eigenvalue weighted by Crippen LogP contribution is -2.38. The zero-order valence-corrected chi connectivity index (χ0v) is 12.0. The number of hydrogen-bond donors (Lipinski definition) is 1. The van der Waals surface area contributed by atoms with Gasteiger partial charge in [-0.05, 0) is 39.2 Å². The number of hydrogen-bond acceptors (Lipinski definition) is 4. The maximum absolute atomic E-state index is 11.9. The number of rotatable bonds is 6. The first-order valence-corrected chi connectivity index (χ1v) is 6.32. The second-order valence-electron chi connectivity index (χ2n) is 4.72. The smallest absolute Gasteiger partial charge is 0.321 e. The molecule has 0 spiro atoms. The highest BCUT2D eigenvalue weighted by Gasteiger charge is 2.11. The molecule has 0 saturated carbocycles. The Balaban J connectivity index is 2.49. The normalized spacial score (nSPS) is 10.4. The highest BCUT2D eigenvalue weighted by Crippen LogP contribution is 2.18. The standard InChI is InChI=1S/C13H20N4O3/c1-15(2)10-4-9-14-13(18)16(3)11-5-7-12(8-6-11)17(19)20/h5-8H,4,9-10H2,1-3H3,(H,14,18).